The predicted molar refractivity (Wildman–Crippen MR) is 68.0 cm³/mol. The zero-order chi connectivity index (χ0) is 14.0. The molecule has 0 spiro atoms. The summed E-state index contributed by atoms with van der Waals surface area (Å²) in [6, 6.07) is 0. The van der Waals surface area contributed by atoms with Crippen molar-refractivity contribution in [2.75, 3.05) is 0 Å². The summed E-state index contributed by atoms with van der Waals surface area (Å²) in [7, 11) is 1.86. The standard InChI is InChI=1S/C12H17N5O2/c1-8(2)11-10(12(18)19)14-15-17(11)5-4-9-6-13-16(3)7-9/h6-8H,4-5H2,1-3H3,(H,18,19). The number of aryl methyl sites for hydroxylation is 3. The molecule has 0 aliphatic rings. The molecule has 0 aromatic carbocycles. The summed E-state index contributed by atoms with van der Waals surface area (Å²) in [5.41, 5.74) is 1.79. The maximum Gasteiger partial charge on any atom is 0.358 e. The lowest BCUT2D eigenvalue weighted by Crippen LogP contribution is -2.11. The molecule has 2 aromatic heterocycles. The smallest absolute Gasteiger partial charge is 0.358 e. The van der Waals surface area contributed by atoms with Crippen LogP contribution in [0.1, 0.15) is 41.5 Å². The molecular formula is C12H17N5O2. The van der Waals surface area contributed by atoms with Crippen LogP contribution < -0.4 is 0 Å². The predicted octanol–water partition coefficient (Wildman–Crippen LogP) is 1.08. The topological polar surface area (TPSA) is 85.8 Å². The minimum atomic E-state index is -1.03. The van der Waals surface area contributed by atoms with Crippen LogP contribution in [0.25, 0.3) is 0 Å². The molecule has 0 bridgehead atoms. The van der Waals surface area contributed by atoms with Gasteiger partial charge in [0.05, 0.1) is 11.9 Å². The molecule has 0 amide bonds. The largest absolute Gasteiger partial charge is 0.476 e. The minimum Gasteiger partial charge on any atom is -0.476 e. The van der Waals surface area contributed by atoms with E-state index in [-0.39, 0.29) is 11.6 Å². The molecule has 0 radical (unpaired) electrons. The lowest BCUT2D eigenvalue weighted by molar-refractivity contribution is 0.0688. The number of rotatable bonds is 5. The number of nitrogens with zero attached hydrogens (tertiary/aromatic N) is 5. The summed E-state index contributed by atoms with van der Waals surface area (Å²) in [5.74, 6) is -0.966. The Labute approximate surface area is 110 Å². The van der Waals surface area contributed by atoms with Gasteiger partial charge in [0.1, 0.15) is 0 Å². The molecule has 0 fully saturated rings. The Morgan fingerprint density at radius 3 is 2.74 bits per heavy atom. The average Bonchev–Trinajstić information content (AvgIpc) is 2.92. The SMILES string of the molecule is CC(C)c1c(C(=O)O)nnn1CCc1cnn(C)c1. The average molecular weight is 263 g/mol. The van der Waals surface area contributed by atoms with E-state index in [4.69, 9.17) is 5.11 Å². The normalized spacial score (nSPS) is 11.2. The maximum absolute atomic E-state index is 11.1. The number of hydrogen-bond donors (Lipinski definition) is 1. The molecule has 2 heterocycles. The van der Waals surface area contributed by atoms with Crippen molar-refractivity contribution in [1.82, 2.24) is 24.8 Å². The Kier molecular flexibility index (Phi) is 3.64. The summed E-state index contributed by atoms with van der Waals surface area (Å²) in [6.45, 7) is 4.47. The van der Waals surface area contributed by atoms with Crippen molar-refractivity contribution >= 4 is 5.97 Å². The fourth-order valence-corrected chi connectivity index (χ4v) is 2.05. The van der Waals surface area contributed by atoms with Gasteiger partial charge in [0.15, 0.2) is 5.69 Å². The van der Waals surface area contributed by atoms with E-state index in [0.717, 1.165) is 12.0 Å². The number of aromatic nitrogens is 5. The molecule has 0 aliphatic carbocycles. The van der Waals surface area contributed by atoms with Crippen LogP contribution in [0.15, 0.2) is 12.4 Å². The van der Waals surface area contributed by atoms with Gasteiger partial charge in [0.2, 0.25) is 0 Å². The third-order valence-electron chi connectivity index (χ3n) is 2.89. The molecule has 0 unspecified atom stereocenters. The third-order valence-corrected chi connectivity index (χ3v) is 2.89. The second kappa shape index (κ2) is 5.21. The highest BCUT2D eigenvalue weighted by Crippen LogP contribution is 2.18. The second-order valence-corrected chi connectivity index (χ2v) is 4.78. The summed E-state index contributed by atoms with van der Waals surface area (Å²) < 4.78 is 3.41. The molecule has 0 atom stereocenters. The first kappa shape index (κ1) is 13.3. The zero-order valence-electron chi connectivity index (χ0n) is 11.2. The van der Waals surface area contributed by atoms with Crippen molar-refractivity contribution in [1.29, 1.82) is 0 Å². The third kappa shape index (κ3) is 2.81. The number of hydrogen-bond acceptors (Lipinski definition) is 4. The molecular weight excluding hydrogens is 246 g/mol. The van der Waals surface area contributed by atoms with Gasteiger partial charge in [0.25, 0.3) is 0 Å². The number of aromatic carboxylic acids is 1. The van der Waals surface area contributed by atoms with Gasteiger partial charge >= 0.3 is 5.97 Å². The quantitative estimate of drug-likeness (QED) is 0.872. The van der Waals surface area contributed by atoms with E-state index in [9.17, 15) is 4.79 Å². The van der Waals surface area contributed by atoms with Crippen LogP contribution in [0.5, 0.6) is 0 Å². The molecule has 2 aromatic rings. The Morgan fingerprint density at radius 2 is 2.21 bits per heavy atom. The van der Waals surface area contributed by atoms with Gasteiger partial charge in [-0.1, -0.05) is 19.1 Å². The van der Waals surface area contributed by atoms with Crippen LogP contribution in [0.4, 0.5) is 0 Å². The fourth-order valence-electron chi connectivity index (χ4n) is 2.05. The summed E-state index contributed by atoms with van der Waals surface area (Å²) >= 11 is 0. The van der Waals surface area contributed by atoms with Gasteiger partial charge < -0.3 is 5.11 Å². The minimum absolute atomic E-state index is 0.0428. The van der Waals surface area contributed by atoms with Crippen molar-refractivity contribution in [3.05, 3.63) is 29.3 Å². The van der Waals surface area contributed by atoms with Crippen LogP contribution in [0, 0.1) is 0 Å². The fraction of sp³-hybridized carbons (Fsp3) is 0.500. The lowest BCUT2D eigenvalue weighted by atomic mass is 10.1. The Hall–Kier alpha value is -2.18. The molecule has 7 heteroatoms. The first-order valence-electron chi connectivity index (χ1n) is 6.13. The van der Waals surface area contributed by atoms with Gasteiger partial charge in [-0.25, -0.2) is 9.48 Å². The molecule has 0 aliphatic heterocycles. The van der Waals surface area contributed by atoms with Crippen LogP contribution >= 0.6 is 0 Å². The van der Waals surface area contributed by atoms with Crippen molar-refractivity contribution in [2.45, 2.75) is 32.7 Å². The van der Waals surface area contributed by atoms with E-state index in [0.29, 0.717) is 12.2 Å². The molecule has 7 nitrogen and oxygen atoms in total. The van der Waals surface area contributed by atoms with Crippen LogP contribution in [0.3, 0.4) is 0 Å². The zero-order valence-corrected chi connectivity index (χ0v) is 11.2. The molecule has 1 N–H and O–H groups in total. The monoisotopic (exact) mass is 263 g/mol. The van der Waals surface area contributed by atoms with E-state index in [1.165, 1.54) is 0 Å². The molecule has 0 saturated heterocycles. The number of carboxylic acid groups (broad SMARTS) is 1. The first-order valence-corrected chi connectivity index (χ1v) is 6.13. The molecule has 19 heavy (non-hydrogen) atoms. The van der Waals surface area contributed by atoms with Crippen LogP contribution in [0.2, 0.25) is 0 Å². The Balaban J connectivity index is 2.18. The van der Waals surface area contributed by atoms with Gasteiger partial charge in [0, 0.05) is 19.8 Å². The van der Waals surface area contributed by atoms with Gasteiger partial charge in [-0.2, -0.15) is 5.10 Å². The van der Waals surface area contributed by atoms with E-state index >= 15 is 0 Å². The van der Waals surface area contributed by atoms with E-state index in [1.54, 1.807) is 15.6 Å². The van der Waals surface area contributed by atoms with Crippen molar-refractivity contribution in [3.63, 3.8) is 0 Å². The lowest BCUT2D eigenvalue weighted by Gasteiger charge is -2.09. The number of carbonyl (C=O) groups is 1. The van der Waals surface area contributed by atoms with Crippen molar-refractivity contribution in [2.24, 2.45) is 7.05 Å². The highest BCUT2D eigenvalue weighted by Gasteiger charge is 2.21. The maximum atomic E-state index is 11.1. The van der Waals surface area contributed by atoms with Crippen molar-refractivity contribution < 1.29 is 9.90 Å². The summed E-state index contributed by atoms with van der Waals surface area (Å²) in [5, 5.41) is 20.9. The van der Waals surface area contributed by atoms with E-state index in [2.05, 4.69) is 15.4 Å². The Bertz CT molecular complexity index is 585. The van der Waals surface area contributed by atoms with Crippen LogP contribution in [-0.2, 0) is 20.0 Å². The summed E-state index contributed by atoms with van der Waals surface area (Å²) in [6.07, 6.45) is 4.48. The second-order valence-electron chi connectivity index (χ2n) is 4.78. The molecule has 2 rings (SSSR count). The summed E-state index contributed by atoms with van der Waals surface area (Å²) in [4.78, 5) is 11.1. The van der Waals surface area contributed by atoms with Gasteiger partial charge in [-0.15, -0.1) is 5.10 Å². The van der Waals surface area contributed by atoms with Crippen LogP contribution in [-0.4, -0.2) is 35.9 Å². The number of carboxylic acids is 1. The Morgan fingerprint density at radius 1 is 1.47 bits per heavy atom. The van der Waals surface area contributed by atoms with Gasteiger partial charge in [-0.3, -0.25) is 4.68 Å². The van der Waals surface area contributed by atoms with Gasteiger partial charge in [-0.05, 0) is 17.9 Å². The first-order chi connectivity index (χ1) is 8.99. The highest BCUT2D eigenvalue weighted by atomic mass is 16.4. The molecule has 0 saturated carbocycles. The van der Waals surface area contributed by atoms with Crippen molar-refractivity contribution in [3.8, 4) is 0 Å². The highest BCUT2D eigenvalue weighted by molar-refractivity contribution is 5.86. The molecule has 102 valence electrons. The van der Waals surface area contributed by atoms with E-state index < -0.39 is 5.97 Å². The van der Waals surface area contributed by atoms with E-state index in [1.807, 2.05) is 27.1 Å².